The van der Waals surface area contributed by atoms with Crippen LogP contribution in [-0.2, 0) is 12.8 Å². The van der Waals surface area contributed by atoms with Gasteiger partial charge in [0.1, 0.15) is 17.4 Å². The van der Waals surface area contributed by atoms with Crippen molar-refractivity contribution in [2.24, 2.45) is 0 Å². The van der Waals surface area contributed by atoms with Crippen LogP contribution < -0.4 is 4.74 Å². The highest BCUT2D eigenvalue weighted by Crippen LogP contribution is 2.29. The molecule has 0 radical (unpaired) electrons. The summed E-state index contributed by atoms with van der Waals surface area (Å²) in [5.41, 5.74) is 2.72. The van der Waals surface area contributed by atoms with Gasteiger partial charge in [-0.3, -0.25) is 0 Å². The van der Waals surface area contributed by atoms with Gasteiger partial charge in [-0.2, -0.15) is 5.26 Å². The summed E-state index contributed by atoms with van der Waals surface area (Å²) in [6.45, 7) is 0. The average Bonchev–Trinajstić information content (AvgIpc) is 2.49. The van der Waals surface area contributed by atoms with Crippen LogP contribution in [-0.4, -0.2) is 4.98 Å². The molecule has 0 N–H and O–H groups in total. The molecule has 0 unspecified atom stereocenters. The van der Waals surface area contributed by atoms with Crippen LogP contribution in [0.15, 0.2) is 30.3 Å². The molecule has 0 amide bonds. The van der Waals surface area contributed by atoms with Crippen molar-refractivity contribution >= 4 is 11.6 Å². The van der Waals surface area contributed by atoms with E-state index in [9.17, 15) is 5.26 Å². The normalized spacial score (nSPS) is 13.4. The van der Waals surface area contributed by atoms with Crippen LogP contribution in [0.4, 0.5) is 0 Å². The van der Waals surface area contributed by atoms with E-state index in [2.05, 4.69) is 11.1 Å². The molecule has 0 fully saturated rings. The molecule has 100 valence electrons. The molecule has 4 heteroatoms. The molecule has 0 saturated heterocycles. The Morgan fingerprint density at radius 1 is 1.15 bits per heavy atom. The molecule has 1 heterocycles. The van der Waals surface area contributed by atoms with Crippen LogP contribution >= 0.6 is 11.6 Å². The first-order valence-corrected chi connectivity index (χ1v) is 7.00. The number of benzene rings is 1. The number of fused-ring (bicyclic) bond motifs is 1. The third kappa shape index (κ3) is 2.61. The number of pyridine rings is 1. The van der Waals surface area contributed by atoms with Gasteiger partial charge in [-0.25, -0.2) is 4.98 Å². The number of ether oxygens (including phenoxy) is 1. The Morgan fingerprint density at radius 2 is 1.90 bits per heavy atom. The SMILES string of the molecule is N#Cc1cc2c(nc1Oc1ccc(Cl)cc1)CCCC2. The lowest BCUT2D eigenvalue weighted by atomic mass is 9.95. The Bertz CT molecular complexity index is 674. The summed E-state index contributed by atoms with van der Waals surface area (Å²) in [4.78, 5) is 4.52. The fourth-order valence-electron chi connectivity index (χ4n) is 2.39. The van der Waals surface area contributed by atoms with E-state index in [1.807, 2.05) is 6.07 Å². The van der Waals surface area contributed by atoms with Crippen molar-refractivity contribution < 1.29 is 4.74 Å². The summed E-state index contributed by atoms with van der Waals surface area (Å²) >= 11 is 5.84. The number of aromatic nitrogens is 1. The second-order valence-electron chi connectivity index (χ2n) is 4.82. The number of hydrogen-bond acceptors (Lipinski definition) is 3. The minimum atomic E-state index is 0.385. The highest BCUT2D eigenvalue weighted by molar-refractivity contribution is 6.30. The molecule has 2 aromatic rings. The number of aryl methyl sites for hydroxylation is 2. The van der Waals surface area contributed by atoms with E-state index in [-0.39, 0.29) is 0 Å². The number of rotatable bonds is 2. The molecule has 20 heavy (non-hydrogen) atoms. The van der Waals surface area contributed by atoms with E-state index in [4.69, 9.17) is 16.3 Å². The fraction of sp³-hybridized carbons (Fsp3) is 0.250. The molecule has 0 aliphatic heterocycles. The number of nitrogens with zero attached hydrogens (tertiary/aromatic N) is 2. The lowest BCUT2D eigenvalue weighted by Gasteiger charge is -2.16. The third-order valence-electron chi connectivity index (χ3n) is 3.41. The van der Waals surface area contributed by atoms with Crippen molar-refractivity contribution in [3.05, 3.63) is 52.2 Å². The second kappa shape index (κ2) is 5.52. The van der Waals surface area contributed by atoms with Gasteiger partial charge >= 0.3 is 0 Å². The summed E-state index contributed by atoms with van der Waals surface area (Å²) in [6, 6.07) is 11.1. The third-order valence-corrected chi connectivity index (χ3v) is 3.67. The van der Waals surface area contributed by atoms with Crippen molar-refractivity contribution in [3.8, 4) is 17.7 Å². The van der Waals surface area contributed by atoms with Gasteiger partial charge in [-0.05, 0) is 61.6 Å². The van der Waals surface area contributed by atoms with Crippen molar-refractivity contribution in [1.29, 1.82) is 5.26 Å². The maximum absolute atomic E-state index is 9.25. The molecule has 0 atom stereocenters. The smallest absolute Gasteiger partial charge is 0.237 e. The molecule has 1 aromatic carbocycles. The van der Waals surface area contributed by atoms with Gasteiger partial charge in [0.25, 0.3) is 0 Å². The first-order valence-electron chi connectivity index (χ1n) is 6.62. The largest absolute Gasteiger partial charge is 0.438 e. The van der Waals surface area contributed by atoms with Crippen molar-refractivity contribution in [2.45, 2.75) is 25.7 Å². The Balaban J connectivity index is 1.96. The quantitative estimate of drug-likeness (QED) is 0.827. The van der Waals surface area contributed by atoms with E-state index in [0.29, 0.717) is 22.2 Å². The van der Waals surface area contributed by atoms with Gasteiger partial charge in [-0.15, -0.1) is 0 Å². The molecule has 0 spiro atoms. The van der Waals surface area contributed by atoms with Gasteiger partial charge in [0, 0.05) is 10.7 Å². The Hall–Kier alpha value is -2.05. The number of hydrogen-bond donors (Lipinski definition) is 0. The zero-order valence-corrected chi connectivity index (χ0v) is 11.7. The lowest BCUT2D eigenvalue weighted by Crippen LogP contribution is -2.07. The van der Waals surface area contributed by atoms with Crippen molar-refractivity contribution in [3.63, 3.8) is 0 Å². The van der Waals surface area contributed by atoms with Crippen LogP contribution in [0.3, 0.4) is 0 Å². The topological polar surface area (TPSA) is 45.9 Å². The lowest BCUT2D eigenvalue weighted by molar-refractivity contribution is 0.456. The highest BCUT2D eigenvalue weighted by atomic mass is 35.5. The van der Waals surface area contributed by atoms with E-state index in [1.54, 1.807) is 24.3 Å². The molecule has 3 nitrogen and oxygen atoms in total. The van der Waals surface area contributed by atoms with E-state index in [1.165, 1.54) is 5.56 Å². The van der Waals surface area contributed by atoms with Gasteiger partial charge in [0.2, 0.25) is 5.88 Å². The molecule has 1 aromatic heterocycles. The van der Waals surface area contributed by atoms with Crippen LogP contribution in [0.1, 0.15) is 29.7 Å². The molecule has 0 saturated carbocycles. The maximum atomic E-state index is 9.25. The zero-order valence-electron chi connectivity index (χ0n) is 10.9. The summed E-state index contributed by atoms with van der Waals surface area (Å²) in [5, 5.41) is 9.90. The summed E-state index contributed by atoms with van der Waals surface area (Å²) < 4.78 is 5.73. The molecule has 0 bridgehead atoms. The molecule has 3 rings (SSSR count). The molecular weight excluding hydrogens is 272 g/mol. The van der Waals surface area contributed by atoms with E-state index in [0.717, 1.165) is 31.4 Å². The minimum absolute atomic E-state index is 0.385. The molecule has 1 aliphatic rings. The maximum Gasteiger partial charge on any atom is 0.237 e. The van der Waals surface area contributed by atoms with E-state index >= 15 is 0 Å². The van der Waals surface area contributed by atoms with Crippen LogP contribution in [0.5, 0.6) is 11.6 Å². The summed E-state index contributed by atoms with van der Waals surface area (Å²) in [6.07, 6.45) is 4.26. The monoisotopic (exact) mass is 284 g/mol. The van der Waals surface area contributed by atoms with Crippen LogP contribution in [0.2, 0.25) is 5.02 Å². The fourth-order valence-corrected chi connectivity index (χ4v) is 2.51. The standard InChI is InChI=1S/C16H13ClN2O/c17-13-5-7-14(8-6-13)20-16-12(10-18)9-11-3-1-2-4-15(11)19-16/h5-9H,1-4H2. The Labute approximate surface area is 122 Å². The predicted molar refractivity (Wildman–Crippen MR) is 77.1 cm³/mol. The van der Waals surface area contributed by atoms with Gasteiger partial charge < -0.3 is 4.74 Å². The van der Waals surface area contributed by atoms with E-state index < -0.39 is 0 Å². The van der Waals surface area contributed by atoms with Gasteiger partial charge in [0.05, 0.1) is 0 Å². The Kier molecular flexibility index (Phi) is 3.58. The highest BCUT2D eigenvalue weighted by Gasteiger charge is 2.16. The number of nitriles is 1. The minimum Gasteiger partial charge on any atom is -0.438 e. The van der Waals surface area contributed by atoms with Crippen LogP contribution in [0, 0.1) is 11.3 Å². The average molecular weight is 285 g/mol. The van der Waals surface area contributed by atoms with Crippen LogP contribution in [0.25, 0.3) is 0 Å². The first-order chi connectivity index (χ1) is 9.76. The molecular formula is C16H13ClN2O. The zero-order chi connectivity index (χ0) is 13.9. The van der Waals surface area contributed by atoms with Crippen molar-refractivity contribution in [2.75, 3.05) is 0 Å². The van der Waals surface area contributed by atoms with Gasteiger partial charge in [0.15, 0.2) is 0 Å². The second-order valence-corrected chi connectivity index (χ2v) is 5.26. The van der Waals surface area contributed by atoms with Crippen molar-refractivity contribution in [1.82, 2.24) is 4.98 Å². The summed E-state index contributed by atoms with van der Waals surface area (Å²) in [5.74, 6) is 1.02. The predicted octanol–water partition coefficient (Wildman–Crippen LogP) is 4.28. The van der Waals surface area contributed by atoms with Gasteiger partial charge in [-0.1, -0.05) is 11.6 Å². The molecule has 1 aliphatic carbocycles. The Morgan fingerprint density at radius 3 is 2.65 bits per heavy atom. The first kappa shape index (κ1) is 13.0. The summed E-state index contributed by atoms with van der Waals surface area (Å²) in [7, 11) is 0. The number of halogens is 1.